The Balaban J connectivity index is 1.25. The third-order valence-corrected chi connectivity index (χ3v) is 8.97. The summed E-state index contributed by atoms with van der Waals surface area (Å²) < 4.78 is 8.84. The molecular formula is C28H37N5O3S. The number of hydrogen-bond donors (Lipinski definition) is 3. The quantitative estimate of drug-likeness (QED) is 0.328. The lowest BCUT2D eigenvalue weighted by atomic mass is 9.93. The van der Waals surface area contributed by atoms with Crippen molar-refractivity contribution in [2.75, 3.05) is 71.6 Å². The van der Waals surface area contributed by atoms with Gasteiger partial charge in [0.1, 0.15) is 11.6 Å². The van der Waals surface area contributed by atoms with E-state index in [-0.39, 0.29) is 12.5 Å². The van der Waals surface area contributed by atoms with E-state index < -0.39 is 0 Å². The van der Waals surface area contributed by atoms with Gasteiger partial charge in [0.25, 0.3) is 5.91 Å². The van der Waals surface area contributed by atoms with Crippen LogP contribution in [-0.2, 0) is 4.74 Å². The molecule has 9 heteroatoms. The first-order valence-electron chi connectivity index (χ1n) is 13.7. The molecular weight excluding hydrogens is 486 g/mol. The molecule has 4 fully saturated rings. The van der Waals surface area contributed by atoms with Gasteiger partial charge in [-0.05, 0) is 85.8 Å². The number of nitrogens with zero attached hydrogens (tertiary/aromatic N) is 3. The Hall–Kier alpha value is -2.49. The highest BCUT2D eigenvalue weighted by Gasteiger charge is 2.44. The van der Waals surface area contributed by atoms with Gasteiger partial charge in [-0.15, -0.1) is 0 Å². The van der Waals surface area contributed by atoms with Crippen molar-refractivity contribution in [1.82, 2.24) is 4.98 Å². The minimum absolute atomic E-state index is 0.121. The van der Waals surface area contributed by atoms with Crippen molar-refractivity contribution in [2.24, 2.45) is 5.41 Å². The van der Waals surface area contributed by atoms with E-state index in [0.29, 0.717) is 41.7 Å². The second-order valence-electron chi connectivity index (χ2n) is 10.9. The van der Waals surface area contributed by atoms with Crippen LogP contribution >= 0.6 is 11.9 Å². The number of benzene rings is 1. The van der Waals surface area contributed by atoms with Crippen LogP contribution in [-0.4, -0.2) is 67.8 Å². The number of carbonyl (C=O) groups is 1. The number of carbonyl (C=O) groups excluding carboxylic acids is 1. The van der Waals surface area contributed by atoms with Gasteiger partial charge in [0.15, 0.2) is 0 Å². The van der Waals surface area contributed by atoms with Crippen molar-refractivity contribution in [3.63, 3.8) is 0 Å². The van der Waals surface area contributed by atoms with Crippen LogP contribution in [0, 0.1) is 5.41 Å². The number of amides is 1. The number of ether oxygens (including phenoxy) is 1. The molecule has 2 aliphatic carbocycles. The maximum absolute atomic E-state index is 13.7. The van der Waals surface area contributed by atoms with E-state index in [4.69, 9.17) is 14.8 Å². The third kappa shape index (κ3) is 5.84. The predicted molar refractivity (Wildman–Crippen MR) is 150 cm³/mol. The molecule has 1 spiro atoms. The molecule has 1 aromatic carbocycles. The Kier molecular flexibility index (Phi) is 7.18. The molecule has 8 nitrogen and oxygen atoms in total. The van der Waals surface area contributed by atoms with E-state index in [0.717, 1.165) is 43.4 Å². The van der Waals surface area contributed by atoms with E-state index in [1.807, 2.05) is 12.1 Å². The lowest BCUT2D eigenvalue weighted by molar-refractivity contribution is 0.102. The smallest absolute Gasteiger partial charge is 0.258 e. The molecule has 3 heterocycles. The zero-order chi connectivity index (χ0) is 25.2. The highest BCUT2D eigenvalue weighted by molar-refractivity contribution is 8.00. The minimum atomic E-state index is -0.121. The van der Waals surface area contributed by atoms with Crippen LogP contribution in [0.2, 0.25) is 0 Å². The SMILES string of the molecule is O=C(Nc1cc(C2CC2)cc(N2CCOCC2)n1)c1ccc(NSCCO)cc1N1CCC2(CC1)CC2. The molecule has 2 aliphatic heterocycles. The molecule has 0 radical (unpaired) electrons. The number of morpholine rings is 1. The van der Waals surface area contributed by atoms with E-state index in [1.54, 1.807) is 0 Å². The molecule has 2 saturated heterocycles. The molecule has 3 N–H and O–H groups in total. The van der Waals surface area contributed by atoms with E-state index in [2.05, 4.69) is 38.0 Å². The van der Waals surface area contributed by atoms with E-state index in [9.17, 15) is 4.79 Å². The number of nitrogens with one attached hydrogen (secondary N) is 2. The van der Waals surface area contributed by atoms with E-state index >= 15 is 0 Å². The van der Waals surface area contributed by atoms with Crippen LogP contribution in [0.4, 0.5) is 23.0 Å². The number of aliphatic hydroxyl groups excluding tert-OH is 1. The number of piperidine rings is 1. The third-order valence-electron chi connectivity index (χ3n) is 8.21. The highest BCUT2D eigenvalue weighted by atomic mass is 32.2. The molecule has 37 heavy (non-hydrogen) atoms. The molecule has 0 unspecified atom stereocenters. The summed E-state index contributed by atoms with van der Waals surface area (Å²) in [7, 11) is 0. The van der Waals surface area contributed by atoms with Gasteiger partial charge in [0, 0.05) is 37.6 Å². The first-order valence-corrected chi connectivity index (χ1v) is 14.6. The molecule has 198 valence electrons. The summed E-state index contributed by atoms with van der Waals surface area (Å²) in [6.45, 7) is 5.12. The average Bonchev–Trinajstić information content (AvgIpc) is 3.87. The maximum atomic E-state index is 13.7. The molecule has 0 atom stereocenters. The fourth-order valence-corrected chi connectivity index (χ4v) is 6.01. The second-order valence-corrected chi connectivity index (χ2v) is 11.8. The van der Waals surface area contributed by atoms with Gasteiger partial charge in [-0.1, -0.05) is 11.9 Å². The monoisotopic (exact) mass is 523 g/mol. The predicted octanol–water partition coefficient (Wildman–Crippen LogP) is 4.48. The zero-order valence-electron chi connectivity index (χ0n) is 21.4. The molecule has 0 bridgehead atoms. The molecule has 1 aromatic heterocycles. The molecule has 2 saturated carbocycles. The summed E-state index contributed by atoms with van der Waals surface area (Å²) in [6, 6.07) is 10.2. The Morgan fingerprint density at radius 3 is 2.54 bits per heavy atom. The summed E-state index contributed by atoms with van der Waals surface area (Å²) in [5.74, 6) is 2.61. The molecule has 6 rings (SSSR count). The Bertz CT molecular complexity index is 1120. The van der Waals surface area contributed by atoms with Gasteiger partial charge in [-0.3, -0.25) is 4.79 Å². The van der Waals surface area contributed by atoms with Crippen LogP contribution < -0.4 is 19.8 Å². The van der Waals surface area contributed by atoms with Gasteiger partial charge in [-0.25, -0.2) is 4.98 Å². The minimum Gasteiger partial charge on any atom is -0.395 e. The van der Waals surface area contributed by atoms with Crippen molar-refractivity contribution in [1.29, 1.82) is 0 Å². The van der Waals surface area contributed by atoms with Crippen molar-refractivity contribution in [2.45, 2.75) is 44.4 Å². The van der Waals surface area contributed by atoms with Gasteiger partial charge >= 0.3 is 0 Å². The van der Waals surface area contributed by atoms with Crippen LogP contribution in [0.1, 0.15) is 60.4 Å². The maximum Gasteiger partial charge on any atom is 0.258 e. The van der Waals surface area contributed by atoms with Gasteiger partial charge in [0.2, 0.25) is 0 Å². The van der Waals surface area contributed by atoms with Crippen molar-refractivity contribution < 1.29 is 14.6 Å². The zero-order valence-corrected chi connectivity index (χ0v) is 22.2. The second kappa shape index (κ2) is 10.7. The number of rotatable bonds is 9. The fourth-order valence-electron chi connectivity index (χ4n) is 5.52. The van der Waals surface area contributed by atoms with Crippen LogP contribution in [0.25, 0.3) is 0 Å². The number of pyridine rings is 1. The summed E-state index contributed by atoms with van der Waals surface area (Å²) in [5.41, 5.74) is 4.42. The van der Waals surface area contributed by atoms with Crippen LogP contribution in [0.15, 0.2) is 30.3 Å². The first-order chi connectivity index (χ1) is 18.1. The lowest BCUT2D eigenvalue weighted by Gasteiger charge is -2.35. The van der Waals surface area contributed by atoms with E-state index in [1.165, 1.54) is 56.0 Å². The molecule has 1 amide bonds. The topological polar surface area (TPSA) is 90.0 Å². The first kappa shape index (κ1) is 24.8. The Morgan fingerprint density at radius 2 is 1.84 bits per heavy atom. The van der Waals surface area contributed by atoms with Crippen molar-refractivity contribution >= 4 is 40.9 Å². The Labute approximate surface area is 223 Å². The average molecular weight is 524 g/mol. The summed E-state index contributed by atoms with van der Waals surface area (Å²) in [5, 5.41) is 12.3. The van der Waals surface area contributed by atoms with Gasteiger partial charge in [0.05, 0.1) is 31.1 Å². The number of aromatic nitrogens is 1. The van der Waals surface area contributed by atoms with Crippen molar-refractivity contribution in [3.8, 4) is 0 Å². The Morgan fingerprint density at radius 1 is 1.05 bits per heavy atom. The summed E-state index contributed by atoms with van der Waals surface area (Å²) in [6.07, 6.45) is 7.48. The standard InChI is InChI=1S/C28H37N5O3S/c34-13-16-37-31-22-3-4-23(24(19-22)32-9-7-28(5-6-28)8-10-32)27(35)30-25-17-21(20-1-2-20)18-26(29-25)33-11-14-36-15-12-33/h3-4,17-20,31,34H,1-2,5-16H2,(H,29,30,35). The van der Waals surface area contributed by atoms with Gasteiger partial charge in [-0.2, -0.15) is 0 Å². The summed E-state index contributed by atoms with van der Waals surface area (Å²) >= 11 is 1.47. The number of aliphatic hydroxyl groups is 1. The van der Waals surface area contributed by atoms with Gasteiger partial charge < -0.3 is 29.7 Å². The number of anilines is 4. The normalized spacial score (nSPS) is 20.7. The summed E-state index contributed by atoms with van der Waals surface area (Å²) in [4.78, 5) is 23.2. The lowest BCUT2D eigenvalue weighted by Crippen LogP contribution is -2.37. The molecule has 4 aliphatic rings. The highest BCUT2D eigenvalue weighted by Crippen LogP contribution is 2.54. The largest absolute Gasteiger partial charge is 0.395 e. The fraction of sp³-hybridized carbons (Fsp3) is 0.571. The number of hydrogen-bond acceptors (Lipinski definition) is 8. The molecule has 2 aromatic rings. The van der Waals surface area contributed by atoms with Crippen LogP contribution in [0.3, 0.4) is 0 Å². The van der Waals surface area contributed by atoms with Crippen LogP contribution in [0.5, 0.6) is 0 Å². The van der Waals surface area contributed by atoms with Crippen molar-refractivity contribution in [3.05, 3.63) is 41.5 Å².